The summed E-state index contributed by atoms with van der Waals surface area (Å²) >= 11 is 9.12. The van der Waals surface area contributed by atoms with Gasteiger partial charge in [-0.15, -0.1) is 11.3 Å². The largest absolute Gasteiger partial charge is 0.310 e. The Hall–Kier alpha value is 0.620. The molecule has 4 heteroatoms. The van der Waals surface area contributed by atoms with Gasteiger partial charge in [0.25, 0.3) is 0 Å². The van der Waals surface area contributed by atoms with E-state index < -0.39 is 0 Å². The average Bonchev–Trinajstić information content (AvgIpc) is 2.75. The van der Waals surface area contributed by atoms with Crippen LogP contribution in [-0.2, 0) is 0 Å². The molecule has 2 rings (SSSR count). The van der Waals surface area contributed by atoms with E-state index in [1.54, 1.807) is 11.3 Å². The normalized spacial score (nSPS) is 25.5. The van der Waals surface area contributed by atoms with Crippen LogP contribution in [0.3, 0.4) is 0 Å². The topological polar surface area (TPSA) is 12.0 Å². The molecule has 1 aromatic rings. The molecule has 1 atom stereocenters. The zero-order valence-corrected chi connectivity index (χ0v) is 15.7. The van der Waals surface area contributed by atoms with Gasteiger partial charge in [0.1, 0.15) is 0 Å². The first-order valence-corrected chi connectivity index (χ1v) is 9.74. The second-order valence-corrected chi connectivity index (χ2v) is 9.25. The lowest BCUT2D eigenvalue weighted by Crippen LogP contribution is -2.30. The molecule has 19 heavy (non-hydrogen) atoms. The van der Waals surface area contributed by atoms with Crippen molar-refractivity contribution in [2.75, 3.05) is 6.54 Å². The standard InChI is InChI=1S/C15H23Br2NS/c1-3-10-5-7-11(8-6-10)14(18-4-2)12-9-13(16)19-15(12)17/h9-11,14,18H,3-8H2,1-2H3. The van der Waals surface area contributed by atoms with E-state index in [1.165, 1.54) is 45.2 Å². The molecule has 1 N–H and O–H groups in total. The maximum Gasteiger partial charge on any atom is 0.0758 e. The molecule has 1 heterocycles. The molecule has 1 nitrogen and oxygen atoms in total. The van der Waals surface area contributed by atoms with Crippen molar-refractivity contribution in [3.63, 3.8) is 0 Å². The SMILES string of the molecule is CCNC(c1cc(Br)sc1Br)C1CCC(CC)CC1. The first kappa shape index (κ1) is 16.0. The van der Waals surface area contributed by atoms with Crippen LogP contribution in [0.2, 0.25) is 0 Å². The van der Waals surface area contributed by atoms with Crippen LogP contribution >= 0.6 is 43.2 Å². The molecule has 0 amide bonds. The highest BCUT2D eigenvalue weighted by atomic mass is 79.9. The fourth-order valence-corrected chi connectivity index (χ4v) is 6.17. The van der Waals surface area contributed by atoms with Gasteiger partial charge in [-0.05, 0) is 74.7 Å². The lowest BCUT2D eigenvalue weighted by Gasteiger charge is -2.34. The van der Waals surface area contributed by atoms with Gasteiger partial charge in [-0.1, -0.05) is 33.1 Å². The maximum atomic E-state index is 3.73. The molecule has 0 aliphatic heterocycles. The van der Waals surface area contributed by atoms with Crippen molar-refractivity contribution in [2.24, 2.45) is 11.8 Å². The zero-order valence-electron chi connectivity index (χ0n) is 11.7. The quantitative estimate of drug-likeness (QED) is 0.616. The summed E-state index contributed by atoms with van der Waals surface area (Å²) in [5, 5.41) is 3.71. The fraction of sp³-hybridized carbons (Fsp3) is 0.733. The second kappa shape index (κ2) is 7.58. The summed E-state index contributed by atoms with van der Waals surface area (Å²) in [7, 11) is 0. The highest BCUT2D eigenvalue weighted by Crippen LogP contribution is 2.43. The van der Waals surface area contributed by atoms with E-state index >= 15 is 0 Å². The summed E-state index contributed by atoms with van der Waals surface area (Å²) in [5.41, 5.74) is 1.44. The van der Waals surface area contributed by atoms with E-state index in [4.69, 9.17) is 0 Å². The lowest BCUT2D eigenvalue weighted by molar-refractivity contribution is 0.220. The van der Waals surface area contributed by atoms with Gasteiger partial charge in [-0.25, -0.2) is 0 Å². The molecule has 0 aromatic carbocycles. The van der Waals surface area contributed by atoms with E-state index in [-0.39, 0.29) is 0 Å². The third kappa shape index (κ3) is 4.05. The van der Waals surface area contributed by atoms with E-state index in [9.17, 15) is 0 Å². The zero-order chi connectivity index (χ0) is 13.8. The van der Waals surface area contributed by atoms with Crippen molar-refractivity contribution in [1.29, 1.82) is 0 Å². The van der Waals surface area contributed by atoms with E-state index in [0.717, 1.165) is 18.4 Å². The highest BCUT2D eigenvalue weighted by Gasteiger charge is 2.29. The van der Waals surface area contributed by atoms with Gasteiger partial charge in [0.2, 0.25) is 0 Å². The summed E-state index contributed by atoms with van der Waals surface area (Å²) in [4.78, 5) is 0. The van der Waals surface area contributed by atoms with Crippen LogP contribution in [0.15, 0.2) is 13.6 Å². The van der Waals surface area contributed by atoms with E-state index in [2.05, 4.69) is 57.1 Å². The maximum absolute atomic E-state index is 3.73. The molecular weight excluding hydrogens is 386 g/mol. The number of rotatable bonds is 5. The molecule has 1 aliphatic carbocycles. The van der Waals surface area contributed by atoms with Gasteiger partial charge < -0.3 is 5.32 Å². The van der Waals surface area contributed by atoms with E-state index in [0.29, 0.717) is 6.04 Å². The van der Waals surface area contributed by atoms with Gasteiger partial charge in [-0.3, -0.25) is 0 Å². The van der Waals surface area contributed by atoms with Crippen molar-refractivity contribution in [1.82, 2.24) is 5.32 Å². The van der Waals surface area contributed by atoms with Gasteiger partial charge >= 0.3 is 0 Å². The average molecular weight is 409 g/mol. The third-order valence-corrected chi connectivity index (χ3v) is 6.77. The number of thiophene rings is 1. The molecule has 1 aromatic heterocycles. The Kier molecular flexibility index (Phi) is 6.38. The molecule has 0 saturated heterocycles. The van der Waals surface area contributed by atoms with Crippen LogP contribution < -0.4 is 5.32 Å². The van der Waals surface area contributed by atoms with Gasteiger partial charge in [0.05, 0.1) is 7.57 Å². The smallest absolute Gasteiger partial charge is 0.0758 e. The van der Waals surface area contributed by atoms with Crippen LogP contribution in [0.4, 0.5) is 0 Å². The molecule has 1 fully saturated rings. The molecule has 0 spiro atoms. The summed E-state index contributed by atoms with van der Waals surface area (Å²) in [6.45, 7) is 5.58. The number of hydrogen-bond acceptors (Lipinski definition) is 2. The number of halogens is 2. The summed E-state index contributed by atoms with van der Waals surface area (Å²) in [5.74, 6) is 1.76. The number of hydrogen-bond donors (Lipinski definition) is 1. The van der Waals surface area contributed by atoms with Gasteiger partial charge in [0, 0.05) is 6.04 Å². The summed E-state index contributed by atoms with van der Waals surface area (Å²) < 4.78 is 2.50. The number of nitrogens with one attached hydrogen (secondary N) is 1. The molecular formula is C15H23Br2NS. The van der Waals surface area contributed by atoms with Gasteiger partial charge in [-0.2, -0.15) is 0 Å². The Morgan fingerprint density at radius 3 is 2.42 bits per heavy atom. The summed E-state index contributed by atoms with van der Waals surface area (Å²) in [6.07, 6.45) is 6.91. The Morgan fingerprint density at radius 2 is 1.95 bits per heavy atom. The van der Waals surface area contributed by atoms with Crippen LogP contribution in [-0.4, -0.2) is 6.54 Å². The van der Waals surface area contributed by atoms with E-state index in [1.807, 2.05) is 0 Å². The second-order valence-electron chi connectivity index (χ2n) is 5.50. The minimum absolute atomic E-state index is 0.514. The Morgan fingerprint density at radius 1 is 1.26 bits per heavy atom. The Bertz CT molecular complexity index is 397. The first-order valence-electron chi connectivity index (χ1n) is 7.33. The van der Waals surface area contributed by atoms with Crippen LogP contribution in [0.5, 0.6) is 0 Å². The fourth-order valence-electron chi connectivity index (χ4n) is 3.25. The van der Waals surface area contributed by atoms with Crippen LogP contribution in [0, 0.1) is 11.8 Å². The van der Waals surface area contributed by atoms with Crippen molar-refractivity contribution in [3.05, 3.63) is 19.2 Å². The third-order valence-electron chi connectivity index (χ3n) is 4.38. The van der Waals surface area contributed by atoms with Gasteiger partial charge in [0.15, 0.2) is 0 Å². The Balaban J connectivity index is 2.10. The first-order chi connectivity index (χ1) is 9.15. The highest BCUT2D eigenvalue weighted by molar-refractivity contribution is 9.12. The molecule has 0 bridgehead atoms. The lowest BCUT2D eigenvalue weighted by atomic mass is 9.76. The minimum Gasteiger partial charge on any atom is -0.310 e. The van der Waals surface area contributed by atoms with Crippen molar-refractivity contribution < 1.29 is 0 Å². The van der Waals surface area contributed by atoms with Crippen LogP contribution in [0.1, 0.15) is 57.6 Å². The molecule has 0 radical (unpaired) electrons. The molecule has 108 valence electrons. The van der Waals surface area contributed by atoms with Crippen LogP contribution in [0.25, 0.3) is 0 Å². The minimum atomic E-state index is 0.514. The van der Waals surface area contributed by atoms with Crippen molar-refractivity contribution >= 4 is 43.2 Å². The summed E-state index contributed by atoms with van der Waals surface area (Å²) in [6, 6.07) is 2.80. The molecule has 1 saturated carbocycles. The van der Waals surface area contributed by atoms with Crippen molar-refractivity contribution in [2.45, 2.75) is 52.0 Å². The molecule has 1 unspecified atom stereocenters. The van der Waals surface area contributed by atoms with Crippen molar-refractivity contribution in [3.8, 4) is 0 Å². The Labute approximate surface area is 137 Å². The predicted octanol–water partition coefficient (Wildman–Crippen LogP) is 6.14. The monoisotopic (exact) mass is 407 g/mol. The predicted molar refractivity (Wildman–Crippen MR) is 91.9 cm³/mol. The molecule has 1 aliphatic rings.